The van der Waals surface area contributed by atoms with Crippen molar-refractivity contribution < 1.29 is 4.79 Å². The van der Waals surface area contributed by atoms with Gasteiger partial charge in [-0.25, -0.2) is 15.0 Å². The van der Waals surface area contributed by atoms with Crippen LogP contribution < -0.4 is 5.43 Å². The van der Waals surface area contributed by atoms with Gasteiger partial charge >= 0.3 is 0 Å². The number of benzene rings is 2. The van der Waals surface area contributed by atoms with Gasteiger partial charge in [0.1, 0.15) is 12.0 Å². The van der Waals surface area contributed by atoms with Crippen LogP contribution in [0.4, 0.5) is 0 Å². The van der Waals surface area contributed by atoms with Crippen molar-refractivity contribution >= 4 is 5.91 Å². The molecule has 0 aliphatic rings. The lowest BCUT2D eigenvalue weighted by Crippen LogP contribution is -2.41. The molecule has 2 aromatic carbocycles. The van der Waals surface area contributed by atoms with Gasteiger partial charge < -0.3 is 0 Å². The molecule has 3 aromatic rings. The summed E-state index contributed by atoms with van der Waals surface area (Å²) in [7, 11) is 0. The molecule has 1 aromatic heterocycles. The second-order valence-electron chi connectivity index (χ2n) is 5.60. The third kappa shape index (κ3) is 4.49. The van der Waals surface area contributed by atoms with Crippen LogP contribution in [-0.2, 0) is 6.54 Å². The van der Waals surface area contributed by atoms with Gasteiger partial charge in [-0.15, -0.1) is 0 Å². The third-order valence-electron chi connectivity index (χ3n) is 3.83. The van der Waals surface area contributed by atoms with Gasteiger partial charge in [0.15, 0.2) is 0 Å². The van der Waals surface area contributed by atoms with Crippen LogP contribution in [0.15, 0.2) is 73.1 Å². The fourth-order valence-corrected chi connectivity index (χ4v) is 2.48. The Morgan fingerprint density at radius 2 is 1.68 bits per heavy atom. The Bertz CT molecular complexity index is 821. The van der Waals surface area contributed by atoms with Crippen molar-refractivity contribution in [3.05, 3.63) is 84.3 Å². The van der Waals surface area contributed by atoms with E-state index in [4.69, 9.17) is 0 Å². The molecule has 0 aliphatic carbocycles. The molecule has 0 spiro atoms. The number of nitrogens with one attached hydrogen (secondary N) is 1. The van der Waals surface area contributed by atoms with Crippen molar-refractivity contribution in [1.29, 1.82) is 0 Å². The van der Waals surface area contributed by atoms with E-state index >= 15 is 0 Å². The molecule has 3 rings (SSSR count). The summed E-state index contributed by atoms with van der Waals surface area (Å²) in [4.78, 5) is 20.9. The largest absolute Gasteiger partial charge is 0.284 e. The van der Waals surface area contributed by atoms with Gasteiger partial charge in [0.05, 0.1) is 5.69 Å². The SMILES string of the molecule is CCN(Cc1ccccc1)NC(=O)c1cc(-c2ccccc2)ncn1. The van der Waals surface area contributed by atoms with Gasteiger partial charge in [-0.3, -0.25) is 10.2 Å². The fraction of sp³-hybridized carbons (Fsp3) is 0.150. The Labute approximate surface area is 147 Å². The molecule has 0 radical (unpaired) electrons. The number of nitrogens with zero attached hydrogens (tertiary/aromatic N) is 3. The summed E-state index contributed by atoms with van der Waals surface area (Å²) < 4.78 is 0. The normalized spacial score (nSPS) is 10.6. The van der Waals surface area contributed by atoms with Gasteiger partial charge in [-0.1, -0.05) is 67.6 Å². The molecule has 0 saturated heterocycles. The predicted molar refractivity (Wildman–Crippen MR) is 97.5 cm³/mol. The van der Waals surface area contributed by atoms with Crippen LogP contribution in [0.3, 0.4) is 0 Å². The lowest BCUT2D eigenvalue weighted by atomic mass is 10.1. The second-order valence-corrected chi connectivity index (χ2v) is 5.60. The smallest absolute Gasteiger partial charge is 0.283 e. The highest BCUT2D eigenvalue weighted by Gasteiger charge is 2.13. The van der Waals surface area contributed by atoms with Crippen LogP contribution in [0.5, 0.6) is 0 Å². The summed E-state index contributed by atoms with van der Waals surface area (Å²) in [5.41, 5.74) is 6.08. The highest BCUT2D eigenvalue weighted by atomic mass is 16.2. The van der Waals surface area contributed by atoms with E-state index in [0.29, 0.717) is 18.8 Å². The monoisotopic (exact) mass is 332 g/mol. The summed E-state index contributed by atoms with van der Waals surface area (Å²) in [6, 6.07) is 21.5. The van der Waals surface area contributed by atoms with E-state index in [1.54, 1.807) is 6.07 Å². The highest BCUT2D eigenvalue weighted by Crippen LogP contribution is 2.16. The zero-order valence-corrected chi connectivity index (χ0v) is 14.1. The molecular weight excluding hydrogens is 312 g/mol. The third-order valence-corrected chi connectivity index (χ3v) is 3.83. The van der Waals surface area contributed by atoms with Crippen molar-refractivity contribution in [2.24, 2.45) is 0 Å². The van der Waals surface area contributed by atoms with E-state index in [1.165, 1.54) is 6.33 Å². The van der Waals surface area contributed by atoms with Crippen LogP contribution in [0.25, 0.3) is 11.3 Å². The molecular formula is C20H20N4O. The van der Waals surface area contributed by atoms with E-state index in [9.17, 15) is 4.79 Å². The van der Waals surface area contributed by atoms with Gasteiger partial charge in [0.2, 0.25) is 0 Å². The van der Waals surface area contributed by atoms with E-state index in [2.05, 4.69) is 15.4 Å². The minimum atomic E-state index is -0.239. The number of hydrogen-bond acceptors (Lipinski definition) is 4. The molecule has 1 amide bonds. The molecule has 1 heterocycles. The van der Waals surface area contributed by atoms with Gasteiger partial charge in [-0.2, -0.15) is 0 Å². The molecule has 0 bridgehead atoms. The maximum Gasteiger partial charge on any atom is 0.284 e. The number of amides is 1. The number of carbonyl (C=O) groups excluding carboxylic acids is 1. The molecule has 5 nitrogen and oxygen atoms in total. The maximum atomic E-state index is 12.5. The number of rotatable bonds is 6. The number of hydrogen-bond donors (Lipinski definition) is 1. The lowest BCUT2D eigenvalue weighted by molar-refractivity contribution is 0.0779. The predicted octanol–water partition coefficient (Wildman–Crippen LogP) is 3.31. The molecule has 126 valence electrons. The summed E-state index contributed by atoms with van der Waals surface area (Å²) in [6.45, 7) is 3.33. The highest BCUT2D eigenvalue weighted by molar-refractivity contribution is 5.92. The van der Waals surface area contributed by atoms with Crippen molar-refractivity contribution in [2.75, 3.05) is 6.54 Å². The van der Waals surface area contributed by atoms with Gasteiger partial charge in [-0.05, 0) is 11.6 Å². The van der Waals surface area contributed by atoms with Gasteiger partial charge in [0.25, 0.3) is 5.91 Å². The minimum Gasteiger partial charge on any atom is -0.283 e. The Balaban J connectivity index is 1.72. The zero-order chi connectivity index (χ0) is 17.5. The van der Waals surface area contributed by atoms with Gasteiger partial charge in [0, 0.05) is 18.7 Å². The average Bonchev–Trinajstić information content (AvgIpc) is 2.69. The molecule has 1 N–H and O–H groups in total. The topological polar surface area (TPSA) is 58.1 Å². The Kier molecular flexibility index (Phi) is 5.49. The van der Waals surface area contributed by atoms with E-state index in [1.807, 2.05) is 72.6 Å². The first kappa shape index (κ1) is 16.8. The summed E-state index contributed by atoms with van der Waals surface area (Å²) >= 11 is 0. The second kappa shape index (κ2) is 8.17. The summed E-state index contributed by atoms with van der Waals surface area (Å²) in [5.74, 6) is -0.239. The first-order valence-corrected chi connectivity index (χ1v) is 8.23. The lowest BCUT2D eigenvalue weighted by Gasteiger charge is -2.21. The Hall–Kier alpha value is -3.05. The van der Waals surface area contributed by atoms with Crippen LogP contribution in [0.2, 0.25) is 0 Å². The van der Waals surface area contributed by atoms with Crippen molar-refractivity contribution in [1.82, 2.24) is 20.4 Å². The Morgan fingerprint density at radius 1 is 1.00 bits per heavy atom. The molecule has 0 unspecified atom stereocenters. The molecule has 0 fully saturated rings. The summed E-state index contributed by atoms with van der Waals surface area (Å²) in [5, 5.41) is 1.86. The molecule has 25 heavy (non-hydrogen) atoms. The van der Waals surface area contributed by atoms with Crippen molar-refractivity contribution in [2.45, 2.75) is 13.5 Å². The zero-order valence-electron chi connectivity index (χ0n) is 14.1. The van der Waals surface area contributed by atoms with Crippen LogP contribution in [-0.4, -0.2) is 27.4 Å². The number of hydrazine groups is 1. The Morgan fingerprint density at radius 3 is 2.36 bits per heavy atom. The number of carbonyl (C=O) groups is 1. The molecule has 0 atom stereocenters. The van der Waals surface area contributed by atoms with E-state index in [-0.39, 0.29) is 5.91 Å². The first-order valence-electron chi connectivity index (χ1n) is 8.23. The molecule has 5 heteroatoms. The maximum absolute atomic E-state index is 12.5. The van der Waals surface area contributed by atoms with Crippen LogP contribution >= 0.6 is 0 Å². The molecule has 0 aliphatic heterocycles. The summed E-state index contributed by atoms with van der Waals surface area (Å²) in [6.07, 6.45) is 1.42. The van der Waals surface area contributed by atoms with Crippen LogP contribution in [0.1, 0.15) is 23.0 Å². The molecule has 0 saturated carbocycles. The van der Waals surface area contributed by atoms with Crippen LogP contribution in [0, 0.1) is 0 Å². The quantitative estimate of drug-likeness (QED) is 0.704. The fourth-order valence-electron chi connectivity index (χ4n) is 2.48. The van der Waals surface area contributed by atoms with Crippen molar-refractivity contribution in [3.63, 3.8) is 0 Å². The van der Waals surface area contributed by atoms with E-state index in [0.717, 1.165) is 16.8 Å². The number of aromatic nitrogens is 2. The van der Waals surface area contributed by atoms with E-state index < -0.39 is 0 Å². The average molecular weight is 332 g/mol. The standard InChI is InChI=1S/C20H20N4O/c1-2-24(14-16-9-5-3-6-10-16)23-20(25)19-13-18(21-15-22-19)17-11-7-4-8-12-17/h3-13,15H,2,14H2,1H3,(H,23,25). The minimum absolute atomic E-state index is 0.239. The van der Waals surface area contributed by atoms with Crippen molar-refractivity contribution in [3.8, 4) is 11.3 Å². The first-order chi connectivity index (χ1) is 12.3.